The Labute approximate surface area is 118 Å². The fourth-order valence-electron chi connectivity index (χ4n) is 1.63. The van der Waals surface area contributed by atoms with E-state index in [1.807, 2.05) is 6.92 Å². The number of hydrogen-bond donors (Lipinski definition) is 2. The Bertz CT molecular complexity index is 612. The van der Waals surface area contributed by atoms with Gasteiger partial charge in [0.15, 0.2) is 0 Å². The number of thiophene rings is 1. The minimum atomic E-state index is -0.930. The van der Waals surface area contributed by atoms with Crippen molar-refractivity contribution in [3.8, 4) is 0 Å². The maximum atomic E-state index is 11.1. The second kappa shape index (κ2) is 5.85. The van der Waals surface area contributed by atoms with Gasteiger partial charge in [-0.05, 0) is 18.4 Å². The van der Waals surface area contributed by atoms with Crippen LogP contribution in [0.15, 0.2) is 11.4 Å². The molecule has 0 aromatic carbocycles. The standard InChI is InChI=1S/C12H14N2O3S2/c1-6(3-15)4-18-10-8-7(2)9(12(16)17)19-11(8)14-5-13-10/h5-6,15H,3-4H2,1-2H3,(H,16,17). The first kappa shape index (κ1) is 14.2. The van der Waals surface area contributed by atoms with E-state index in [1.54, 1.807) is 6.92 Å². The first-order valence-corrected chi connectivity index (χ1v) is 7.55. The van der Waals surface area contributed by atoms with Crippen molar-refractivity contribution >= 4 is 39.3 Å². The van der Waals surface area contributed by atoms with Crippen LogP contribution in [0.1, 0.15) is 22.2 Å². The number of aliphatic hydroxyl groups excluding tert-OH is 1. The second-order valence-electron chi connectivity index (χ2n) is 4.32. The molecule has 0 saturated heterocycles. The van der Waals surface area contributed by atoms with Gasteiger partial charge in [0, 0.05) is 17.7 Å². The molecule has 0 aliphatic heterocycles. The first-order valence-electron chi connectivity index (χ1n) is 5.75. The van der Waals surface area contributed by atoms with Crippen molar-refractivity contribution in [3.05, 3.63) is 16.8 Å². The molecule has 0 fully saturated rings. The average molecular weight is 298 g/mol. The van der Waals surface area contributed by atoms with Gasteiger partial charge in [-0.25, -0.2) is 14.8 Å². The van der Waals surface area contributed by atoms with Crippen LogP contribution in [-0.2, 0) is 0 Å². The van der Waals surface area contributed by atoms with Gasteiger partial charge in [0.05, 0.1) is 0 Å². The van der Waals surface area contributed by atoms with Crippen molar-refractivity contribution in [2.24, 2.45) is 5.92 Å². The van der Waals surface area contributed by atoms with Gasteiger partial charge in [-0.1, -0.05) is 6.92 Å². The molecule has 0 bridgehead atoms. The van der Waals surface area contributed by atoms with Gasteiger partial charge in [0.2, 0.25) is 0 Å². The van der Waals surface area contributed by atoms with Gasteiger partial charge in [0.25, 0.3) is 0 Å². The summed E-state index contributed by atoms with van der Waals surface area (Å²) in [6, 6.07) is 0. The highest BCUT2D eigenvalue weighted by Crippen LogP contribution is 2.35. The van der Waals surface area contributed by atoms with Gasteiger partial charge in [-0.3, -0.25) is 0 Å². The van der Waals surface area contributed by atoms with Crippen molar-refractivity contribution in [2.75, 3.05) is 12.4 Å². The lowest BCUT2D eigenvalue weighted by Gasteiger charge is -2.07. The number of aromatic nitrogens is 2. The third-order valence-electron chi connectivity index (χ3n) is 2.70. The highest BCUT2D eigenvalue weighted by molar-refractivity contribution is 7.99. The van der Waals surface area contributed by atoms with Crippen LogP contribution in [0.2, 0.25) is 0 Å². The van der Waals surface area contributed by atoms with Crippen molar-refractivity contribution in [3.63, 3.8) is 0 Å². The van der Waals surface area contributed by atoms with Crippen LogP contribution < -0.4 is 0 Å². The lowest BCUT2D eigenvalue weighted by Crippen LogP contribution is -2.03. The number of carboxylic acid groups (broad SMARTS) is 1. The number of fused-ring (bicyclic) bond motifs is 1. The zero-order valence-corrected chi connectivity index (χ0v) is 12.2. The summed E-state index contributed by atoms with van der Waals surface area (Å²) >= 11 is 2.70. The van der Waals surface area contributed by atoms with E-state index < -0.39 is 5.97 Å². The van der Waals surface area contributed by atoms with E-state index >= 15 is 0 Å². The van der Waals surface area contributed by atoms with Crippen LogP contribution in [0.5, 0.6) is 0 Å². The van der Waals surface area contributed by atoms with Crippen molar-refractivity contribution in [1.29, 1.82) is 0 Å². The Balaban J connectivity index is 2.41. The lowest BCUT2D eigenvalue weighted by molar-refractivity contribution is 0.0701. The van der Waals surface area contributed by atoms with E-state index in [0.29, 0.717) is 15.3 Å². The molecule has 0 aliphatic rings. The van der Waals surface area contributed by atoms with Crippen molar-refractivity contribution < 1.29 is 15.0 Å². The van der Waals surface area contributed by atoms with Gasteiger partial charge >= 0.3 is 5.97 Å². The summed E-state index contributed by atoms with van der Waals surface area (Å²) in [7, 11) is 0. The van der Waals surface area contributed by atoms with E-state index in [0.717, 1.165) is 16.2 Å². The van der Waals surface area contributed by atoms with Crippen molar-refractivity contribution in [1.82, 2.24) is 9.97 Å². The molecule has 0 radical (unpaired) electrons. The third-order valence-corrected chi connectivity index (χ3v) is 5.21. The highest BCUT2D eigenvalue weighted by atomic mass is 32.2. The monoisotopic (exact) mass is 298 g/mol. The minimum Gasteiger partial charge on any atom is -0.477 e. The predicted octanol–water partition coefficient (Wildman–Crippen LogP) is 2.42. The normalized spacial score (nSPS) is 12.8. The van der Waals surface area contributed by atoms with E-state index in [1.165, 1.54) is 29.4 Å². The number of aryl methyl sites for hydroxylation is 1. The number of thioether (sulfide) groups is 1. The summed E-state index contributed by atoms with van der Waals surface area (Å²) in [5, 5.41) is 19.8. The maximum Gasteiger partial charge on any atom is 0.346 e. The number of rotatable bonds is 5. The molecule has 19 heavy (non-hydrogen) atoms. The molecule has 0 aliphatic carbocycles. The van der Waals surface area contributed by atoms with Crippen LogP contribution >= 0.6 is 23.1 Å². The molecule has 1 unspecified atom stereocenters. The largest absolute Gasteiger partial charge is 0.477 e. The fourth-order valence-corrected chi connectivity index (χ4v) is 3.74. The first-order chi connectivity index (χ1) is 9.04. The van der Waals surface area contributed by atoms with Crippen LogP contribution in [0.4, 0.5) is 0 Å². The SMILES string of the molecule is Cc1c(C(=O)O)sc2ncnc(SCC(C)CO)c12. The summed E-state index contributed by atoms with van der Waals surface area (Å²) in [6.45, 7) is 3.87. The van der Waals surface area contributed by atoms with Crippen LogP contribution in [0.25, 0.3) is 10.2 Å². The topological polar surface area (TPSA) is 83.3 Å². The lowest BCUT2D eigenvalue weighted by atomic mass is 10.2. The van der Waals surface area contributed by atoms with E-state index in [-0.39, 0.29) is 12.5 Å². The highest BCUT2D eigenvalue weighted by Gasteiger charge is 2.18. The molecule has 2 heterocycles. The number of aromatic carboxylic acids is 1. The van der Waals surface area contributed by atoms with E-state index in [2.05, 4.69) is 9.97 Å². The summed E-state index contributed by atoms with van der Waals surface area (Å²) < 4.78 is 0. The summed E-state index contributed by atoms with van der Waals surface area (Å²) in [5.41, 5.74) is 0.715. The molecule has 0 spiro atoms. The quantitative estimate of drug-likeness (QED) is 0.651. The molecule has 0 amide bonds. The molecule has 1 atom stereocenters. The van der Waals surface area contributed by atoms with Gasteiger partial charge in [-0.15, -0.1) is 23.1 Å². The van der Waals surface area contributed by atoms with E-state index in [4.69, 9.17) is 10.2 Å². The van der Waals surface area contributed by atoms with Crippen LogP contribution in [0, 0.1) is 12.8 Å². The molecule has 2 N–H and O–H groups in total. The smallest absolute Gasteiger partial charge is 0.346 e. The Hall–Kier alpha value is -1.18. The number of nitrogens with zero attached hydrogens (tertiary/aromatic N) is 2. The molecule has 0 saturated carbocycles. The Morgan fingerprint density at radius 3 is 2.89 bits per heavy atom. The molecular formula is C12H14N2O3S2. The Morgan fingerprint density at radius 2 is 2.26 bits per heavy atom. The maximum absolute atomic E-state index is 11.1. The van der Waals surface area contributed by atoms with Gasteiger partial charge < -0.3 is 10.2 Å². The molecule has 2 aromatic heterocycles. The zero-order valence-electron chi connectivity index (χ0n) is 10.6. The predicted molar refractivity (Wildman–Crippen MR) is 76.1 cm³/mol. The number of carbonyl (C=O) groups is 1. The van der Waals surface area contributed by atoms with E-state index in [9.17, 15) is 4.79 Å². The molecular weight excluding hydrogens is 284 g/mol. The number of hydrogen-bond acceptors (Lipinski definition) is 6. The summed E-state index contributed by atoms with van der Waals surface area (Å²) in [6.07, 6.45) is 1.45. The average Bonchev–Trinajstić information content (AvgIpc) is 2.74. The summed E-state index contributed by atoms with van der Waals surface area (Å²) in [4.78, 5) is 20.5. The molecule has 102 valence electrons. The molecule has 7 heteroatoms. The van der Waals surface area contributed by atoms with Crippen LogP contribution in [-0.4, -0.2) is 38.5 Å². The van der Waals surface area contributed by atoms with Gasteiger partial charge in [-0.2, -0.15) is 0 Å². The Kier molecular flexibility index (Phi) is 4.38. The van der Waals surface area contributed by atoms with Gasteiger partial charge in [0.1, 0.15) is 21.1 Å². The fraction of sp³-hybridized carbons (Fsp3) is 0.417. The summed E-state index contributed by atoms with van der Waals surface area (Å²) in [5.74, 6) is -0.0200. The number of carboxylic acids is 1. The number of aliphatic hydroxyl groups is 1. The molecule has 2 aromatic rings. The Morgan fingerprint density at radius 1 is 1.53 bits per heavy atom. The molecule has 5 nitrogen and oxygen atoms in total. The second-order valence-corrected chi connectivity index (χ2v) is 6.33. The third kappa shape index (κ3) is 2.88. The van der Waals surface area contributed by atoms with Crippen molar-refractivity contribution in [2.45, 2.75) is 18.9 Å². The molecule has 2 rings (SSSR count). The minimum absolute atomic E-state index is 0.129. The zero-order chi connectivity index (χ0) is 14.0. The van der Waals surface area contributed by atoms with Crippen LogP contribution in [0.3, 0.4) is 0 Å².